The summed E-state index contributed by atoms with van der Waals surface area (Å²) in [7, 11) is 8.05. The van der Waals surface area contributed by atoms with Gasteiger partial charge in [0.2, 0.25) is 0 Å². The minimum absolute atomic E-state index is 0.0281. The summed E-state index contributed by atoms with van der Waals surface area (Å²) in [6.45, 7) is 0.865. The van der Waals surface area contributed by atoms with Crippen molar-refractivity contribution in [1.82, 2.24) is 0 Å². The molecule has 0 heterocycles. The maximum atomic E-state index is 12.6. The van der Waals surface area contributed by atoms with E-state index in [-0.39, 0.29) is 5.78 Å². The Morgan fingerprint density at radius 2 is 1.32 bits per heavy atom. The number of ketones is 1. The average molecular weight is 376 g/mol. The van der Waals surface area contributed by atoms with Crippen LogP contribution in [0.4, 0.5) is 0 Å². The van der Waals surface area contributed by atoms with E-state index in [0.29, 0.717) is 16.9 Å². The SMILES string of the molecule is COc1ccc(C(=O)c2ccc(Oc3ccccc3C[N+](C)(C)C)cc2)cc1. The van der Waals surface area contributed by atoms with Crippen molar-refractivity contribution in [1.29, 1.82) is 0 Å². The Labute approximate surface area is 166 Å². The molecule has 4 heteroatoms. The smallest absolute Gasteiger partial charge is 0.193 e. The molecule has 0 amide bonds. The molecule has 0 atom stereocenters. The number of hydrogen-bond acceptors (Lipinski definition) is 3. The zero-order chi connectivity index (χ0) is 20.1. The minimum Gasteiger partial charge on any atom is -0.497 e. The van der Waals surface area contributed by atoms with Gasteiger partial charge in [-0.1, -0.05) is 12.1 Å². The molecule has 28 heavy (non-hydrogen) atoms. The summed E-state index contributed by atoms with van der Waals surface area (Å²) in [6, 6.07) is 22.4. The van der Waals surface area contributed by atoms with Gasteiger partial charge in [-0.15, -0.1) is 0 Å². The van der Waals surface area contributed by atoms with Gasteiger partial charge in [0.1, 0.15) is 23.8 Å². The topological polar surface area (TPSA) is 35.5 Å². The van der Waals surface area contributed by atoms with Gasteiger partial charge in [0.25, 0.3) is 0 Å². The number of methoxy groups -OCH3 is 1. The molecule has 0 radical (unpaired) electrons. The highest BCUT2D eigenvalue weighted by Crippen LogP contribution is 2.27. The number of carbonyl (C=O) groups excluding carboxylic acids is 1. The molecule has 0 bridgehead atoms. The molecule has 0 aromatic heterocycles. The third kappa shape index (κ3) is 4.99. The molecule has 0 fully saturated rings. The Morgan fingerprint density at radius 1 is 0.786 bits per heavy atom. The number of nitrogens with zero attached hydrogens (tertiary/aromatic N) is 1. The first-order valence-corrected chi connectivity index (χ1v) is 9.21. The van der Waals surface area contributed by atoms with Crippen molar-refractivity contribution in [2.75, 3.05) is 28.3 Å². The van der Waals surface area contributed by atoms with Crippen molar-refractivity contribution in [3.8, 4) is 17.2 Å². The van der Waals surface area contributed by atoms with Crippen LogP contribution in [0.25, 0.3) is 0 Å². The van der Waals surface area contributed by atoms with Crippen molar-refractivity contribution in [3.05, 3.63) is 89.5 Å². The van der Waals surface area contributed by atoms with Gasteiger partial charge < -0.3 is 14.0 Å². The first-order chi connectivity index (χ1) is 13.4. The van der Waals surface area contributed by atoms with E-state index in [9.17, 15) is 4.79 Å². The molecule has 144 valence electrons. The standard InChI is InChI=1S/C24H26NO3/c1-25(2,3)17-20-7-5-6-8-23(20)28-22-15-11-19(12-16-22)24(26)18-9-13-21(27-4)14-10-18/h5-16H,17H2,1-4H3/q+1. The lowest BCUT2D eigenvalue weighted by atomic mass is 10.0. The third-order valence-corrected chi connectivity index (χ3v) is 4.31. The first kappa shape index (κ1) is 19.6. The molecule has 0 unspecified atom stereocenters. The van der Waals surface area contributed by atoms with E-state index >= 15 is 0 Å². The van der Waals surface area contributed by atoms with Gasteiger partial charge >= 0.3 is 0 Å². The molecule has 0 N–H and O–H groups in total. The number of benzene rings is 3. The number of ether oxygens (including phenoxy) is 2. The van der Waals surface area contributed by atoms with Crippen LogP contribution in [-0.2, 0) is 6.54 Å². The van der Waals surface area contributed by atoms with Crippen molar-refractivity contribution in [2.24, 2.45) is 0 Å². The lowest BCUT2D eigenvalue weighted by Gasteiger charge is -2.25. The first-order valence-electron chi connectivity index (χ1n) is 9.21. The second-order valence-corrected chi connectivity index (χ2v) is 7.74. The molecule has 0 aliphatic carbocycles. The van der Waals surface area contributed by atoms with Crippen LogP contribution in [0.5, 0.6) is 17.2 Å². The van der Waals surface area contributed by atoms with Crippen molar-refractivity contribution in [2.45, 2.75) is 6.54 Å². The highest BCUT2D eigenvalue weighted by molar-refractivity contribution is 6.09. The zero-order valence-electron chi connectivity index (χ0n) is 16.8. The van der Waals surface area contributed by atoms with E-state index in [1.165, 1.54) is 0 Å². The lowest BCUT2D eigenvalue weighted by molar-refractivity contribution is -0.884. The Kier molecular flexibility index (Phi) is 5.81. The van der Waals surface area contributed by atoms with Crippen LogP contribution in [0.3, 0.4) is 0 Å². The van der Waals surface area contributed by atoms with Crippen LogP contribution >= 0.6 is 0 Å². The Bertz CT molecular complexity index is 939. The maximum absolute atomic E-state index is 12.6. The van der Waals surface area contributed by atoms with Crippen LogP contribution in [0.15, 0.2) is 72.8 Å². The van der Waals surface area contributed by atoms with E-state index in [2.05, 4.69) is 27.2 Å². The molecule has 4 nitrogen and oxygen atoms in total. The fourth-order valence-corrected chi connectivity index (χ4v) is 2.96. The Hall–Kier alpha value is -3.11. The molecule has 0 aliphatic rings. The van der Waals surface area contributed by atoms with Gasteiger partial charge in [-0.3, -0.25) is 4.79 Å². The number of rotatable bonds is 7. The van der Waals surface area contributed by atoms with Crippen molar-refractivity contribution < 1.29 is 18.8 Å². The van der Waals surface area contributed by atoms with Gasteiger partial charge in [-0.05, 0) is 60.7 Å². The summed E-state index contributed by atoms with van der Waals surface area (Å²) in [5, 5.41) is 0. The summed E-state index contributed by atoms with van der Waals surface area (Å²) in [5.41, 5.74) is 2.40. The molecule has 0 aliphatic heterocycles. The molecular formula is C24H26NO3+. The predicted octanol–water partition coefficient (Wildman–Crippen LogP) is 4.92. The summed E-state index contributed by atoms with van der Waals surface area (Å²) in [5.74, 6) is 2.25. The number of quaternary nitrogens is 1. The fourth-order valence-electron chi connectivity index (χ4n) is 2.96. The number of para-hydroxylation sites is 1. The summed E-state index contributed by atoms with van der Waals surface area (Å²) >= 11 is 0. The molecule has 0 spiro atoms. The van der Waals surface area contributed by atoms with Gasteiger partial charge in [-0.2, -0.15) is 0 Å². The van der Waals surface area contributed by atoms with E-state index in [1.807, 2.05) is 30.3 Å². The maximum Gasteiger partial charge on any atom is 0.193 e. The predicted molar refractivity (Wildman–Crippen MR) is 111 cm³/mol. The minimum atomic E-state index is -0.0281. The Balaban J connectivity index is 1.75. The van der Waals surface area contributed by atoms with E-state index in [1.54, 1.807) is 43.5 Å². The highest BCUT2D eigenvalue weighted by Gasteiger charge is 2.14. The highest BCUT2D eigenvalue weighted by atomic mass is 16.5. The normalized spacial score (nSPS) is 11.1. The van der Waals surface area contributed by atoms with E-state index in [4.69, 9.17) is 9.47 Å². The largest absolute Gasteiger partial charge is 0.497 e. The van der Waals surface area contributed by atoms with Crippen LogP contribution in [0.2, 0.25) is 0 Å². The number of hydrogen-bond donors (Lipinski definition) is 0. The van der Waals surface area contributed by atoms with Crippen molar-refractivity contribution >= 4 is 5.78 Å². The van der Waals surface area contributed by atoms with Crippen molar-refractivity contribution in [3.63, 3.8) is 0 Å². The van der Waals surface area contributed by atoms with Crippen LogP contribution in [-0.4, -0.2) is 38.5 Å². The Morgan fingerprint density at radius 3 is 1.86 bits per heavy atom. The quantitative estimate of drug-likeness (QED) is 0.433. The van der Waals surface area contributed by atoms with Gasteiger partial charge in [0, 0.05) is 16.7 Å². The fraction of sp³-hybridized carbons (Fsp3) is 0.208. The molecule has 0 saturated heterocycles. The lowest BCUT2D eigenvalue weighted by Crippen LogP contribution is -2.33. The molecule has 3 aromatic carbocycles. The van der Waals surface area contributed by atoms with Gasteiger partial charge in [-0.25, -0.2) is 0 Å². The van der Waals surface area contributed by atoms with Gasteiger partial charge in [0.15, 0.2) is 5.78 Å². The monoisotopic (exact) mass is 376 g/mol. The molecule has 3 aromatic rings. The van der Waals surface area contributed by atoms with Crippen LogP contribution in [0, 0.1) is 0 Å². The zero-order valence-corrected chi connectivity index (χ0v) is 16.8. The summed E-state index contributed by atoms with van der Waals surface area (Å²) in [6.07, 6.45) is 0. The molecular weight excluding hydrogens is 350 g/mol. The van der Waals surface area contributed by atoms with E-state index < -0.39 is 0 Å². The molecule has 3 rings (SSSR count). The van der Waals surface area contributed by atoms with Crippen LogP contribution in [0.1, 0.15) is 21.5 Å². The third-order valence-electron chi connectivity index (χ3n) is 4.31. The second kappa shape index (κ2) is 8.28. The summed E-state index contributed by atoms with van der Waals surface area (Å²) in [4.78, 5) is 12.6. The number of carbonyl (C=O) groups is 1. The molecule has 0 saturated carbocycles. The summed E-state index contributed by atoms with van der Waals surface area (Å²) < 4.78 is 12.0. The van der Waals surface area contributed by atoms with E-state index in [0.717, 1.165) is 28.1 Å². The average Bonchev–Trinajstić information content (AvgIpc) is 2.68. The second-order valence-electron chi connectivity index (χ2n) is 7.74. The van der Waals surface area contributed by atoms with Gasteiger partial charge in [0.05, 0.1) is 28.3 Å². The van der Waals surface area contributed by atoms with Crippen LogP contribution < -0.4 is 9.47 Å².